The first-order valence-electron chi connectivity index (χ1n) is 6.23. The molecular weight excluding hydrogens is 200 g/mol. The molecule has 0 aromatic carbocycles. The third-order valence-electron chi connectivity index (χ3n) is 3.45. The molecule has 1 rings (SSSR count). The van der Waals surface area contributed by atoms with Gasteiger partial charge in [-0.2, -0.15) is 5.10 Å². The van der Waals surface area contributed by atoms with E-state index in [1.807, 2.05) is 11.6 Å². The zero-order valence-corrected chi connectivity index (χ0v) is 11.1. The average molecular weight is 224 g/mol. The molecule has 0 saturated heterocycles. The lowest BCUT2D eigenvalue weighted by atomic mass is 10.0. The second kappa shape index (κ2) is 5.48. The fourth-order valence-electron chi connectivity index (χ4n) is 2.16. The highest BCUT2D eigenvalue weighted by molar-refractivity contribution is 5.22. The first-order chi connectivity index (χ1) is 7.52. The predicted molar refractivity (Wildman–Crippen MR) is 66.7 cm³/mol. The third kappa shape index (κ3) is 2.46. The van der Waals surface area contributed by atoms with Gasteiger partial charge in [0, 0.05) is 5.69 Å². The van der Waals surface area contributed by atoms with Gasteiger partial charge in [0.25, 0.3) is 0 Å². The molecular formula is C13H24N2O. The van der Waals surface area contributed by atoms with Gasteiger partial charge >= 0.3 is 0 Å². The van der Waals surface area contributed by atoms with Gasteiger partial charge in [0.1, 0.15) is 0 Å². The molecule has 1 aromatic heterocycles. The maximum absolute atomic E-state index is 10.1. The number of nitrogens with zero attached hydrogens (tertiary/aromatic N) is 2. The Morgan fingerprint density at radius 2 is 1.88 bits per heavy atom. The lowest BCUT2D eigenvalue weighted by Crippen LogP contribution is -2.25. The molecule has 0 radical (unpaired) electrons. The molecule has 0 aliphatic rings. The summed E-state index contributed by atoms with van der Waals surface area (Å²) in [5, 5.41) is 14.7. The number of hydrogen-bond donors (Lipinski definition) is 1. The first-order valence-corrected chi connectivity index (χ1v) is 6.23. The molecule has 3 heteroatoms. The van der Waals surface area contributed by atoms with Crippen molar-refractivity contribution in [2.75, 3.05) is 0 Å². The fraction of sp³-hybridized carbons (Fsp3) is 0.769. The summed E-state index contributed by atoms with van der Waals surface area (Å²) in [7, 11) is 0. The van der Waals surface area contributed by atoms with Crippen LogP contribution in [-0.2, 0) is 0 Å². The van der Waals surface area contributed by atoms with E-state index in [0.717, 1.165) is 25.0 Å². The smallest absolute Gasteiger partial charge is 0.0778 e. The van der Waals surface area contributed by atoms with Gasteiger partial charge in [-0.15, -0.1) is 0 Å². The van der Waals surface area contributed by atoms with E-state index in [2.05, 4.69) is 32.8 Å². The minimum absolute atomic E-state index is 0.118. The van der Waals surface area contributed by atoms with Gasteiger partial charge < -0.3 is 5.11 Å². The summed E-state index contributed by atoms with van der Waals surface area (Å²) >= 11 is 0. The Hall–Kier alpha value is -0.830. The van der Waals surface area contributed by atoms with Crippen LogP contribution >= 0.6 is 0 Å². The maximum atomic E-state index is 10.1. The monoisotopic (exact) mass is 224 g/mol. The molecule has 1 aromatic rings. The van der Waals surface area contributed by atoms with E-state index in [0.29, 0.717) is 0 Å². The van der Waals surface area contributed by atoms with Crippen LogP contribution < -0.4 is 0 Å². The second-order valence-corrected chi connectivity index (χ2v) is 4.57. The summed E-state index contributed by atoms with van der Waals surface area (Å²) < 4.78 is 2.00. The van der Waals surface area contributed by atoms with Gasteiger partial charge in [0.15, 0.2) is 0 Å². The summed E-state index contributed by atoms with van der Waals surface area (Å²) in [6, 6.07) is 0.118. The Bertz CT molecular complexity index is 344. The SMILES string of the molecule is CCCC(O)C(CC)n1nc(C)c(C)c1C. The van der Waals surface area contributed by atoms with Crippen molar-refractivity contribution < 1.29 is 5.11 Å². The van der Waals surface area contributed by atoms with Crippen molar-refractivity contribution in [3.63, 3.8) is 0 Å². The molecule has 1 heterocycles. The fourth-order valence-corrected chi connectivity index (χ4v) is 2.16. The normalized spacial score (nSPS) is 15.1. The van der Waals surface area contributed by atoms with Crippen molar-refractivity contribution >= 4 is 0 Å². The first kappa shape index (κ1) is 13.2. The Morgan fingerprint density at radius 3 is 2.25 bits per heavy atom. The van der Waals surface area contributed by atoms with Gasteiger partial charge in [-0.3, -0.25) is 4.68 Å². The Balaban J connectivity index is 2.99. The largest absolute Gasteiger partial charge is 0.391 e. The molecule has 2 unspecified atom stereocenters. The highest BCUT2D eigenvalue weighted by atomic mass is 16.3. The van der Waals surface area contributed by atoms with E-state index in [9.17, 15) is 5.11 Å². The number of aliphatic hydroxyl groups is 1. The van der Waals surface area contributed by atoms with Crippen LogP contribution in [0.1, 0.15) is 56.1 Å². The van der Waals surface area contributed by atoms with E-state index >= 15 is 0 Å². The molecule has 0 aliphatic carbocycles. The number of hydrogen-bond acceptors (Lipinski definition) is 2. The average Bonchev–Trinajstić information content (AvgIpc) is 2.48. The minimum Gasteiger partial charge on any atom is -0.391 e. The van der Waals surface area contributed by atoms with E-state index in [-0.39, 0.29) is 12.1 Å². The van der Waals surface area contributed by atoms with E-state index in [1.54, 1.807) is 0 Å². The van der Waals surface area contributed by atoms with Crippen molar-refractivity contribution in [2.24, 2.45) is 0 Å². The molecule has 0 bridgehead atoms. The lowest BCUT2D eigenvalue weighted by molar-refractivity contribution is 0.0929. The van der Waals surface area contributed by atoms with Crippen molar-refractivity contribution in [1.29, 1.82) is 0 Å². The molecule has 92 valence electrons. The van der Waals surface area contributed by atoms with E-state index in [1.165, 1.54) is 11.3 Å². The van der Waals surface area contributed by atoms with Crippen LogP contribution in [0.5, 0.6) is 0 Å². The van der Waals surface area contributed by atoms with Gasteiger partial charge in [-0.1, -0.05) is 20.3 Å². The van der Waals surface area contributed by atoms with Crippen molar-refractivity contribution in [3.8, 4) is 0 Å². The third-order valence-corrected chi connectivity index (χ3v) is 3.45. The molecule has 1 N–H and O–H groups in total. The number of aliphatic hydroxyl groups excluding tert-OH is 1. The van der Waals surface area contributed by atoms with Crippen LogP contribution in [0.3, 0.4) is 0 Å². The van der Waals surface area contributed by atoms with Gasteiger partial charge in [-0.25, -0.2) is 0 Å². The number of aryl methyl sites for hydroxylation is 1. The van der Waals surface area contributed by atoms with Crippen LogP contribution in [0, 0.1) is 20.8 Å². The summed E-state index contributed by atoms with van der Waals surface area (Å²) in [6.07, 6.45) is 2.49. The predicted octanol–water partition coefficient (Wildman–Crippen LogP) is 2.92. The molecule has 3 nitrogen and oxygen atoms in total. The van der Waals surface area contributed by atoms with Crippen LogP contribution in [0.15, 0.2) is 0 Å². The Labute approximate surface area is 98.5 Å². The lowest BCUT2D eigenvalue weighted by Gasteiger charge is -2.23. The quantitative estimate of drug-likeness (QED) is 0.835. The van der Waals surface area contributed by atoms with Gasteiger partial charge in [0.05, 0.1) is 17.8 Å². The van der Waals surface area contributed by atoms with Crippen molar-refractivity contribution in [1.82, 2.24) is 9.78 Å². The molecule has 0 amide bonds. The van der Waals surface area contributed by atoms with Crippen molar-refractivity contribution in [3.05, 3.63) is 17.0 Å². The second-order valence-electron chi connectivity index (χ2n) is 4.57. The Morgan fingerprint density at radius 1 is 1.25 bits per heavy atom. The Kier molecular flexibility index (Phi) is 4.54. The van der Waals surface area contributed by atoms with Crippen LogP contribution in [0.4, 0.5) is 0 Å². The number of rotatable bonds is 5. The molecule has 0 saturated carbocycles. The van der Waals surface area contributed by atoms with E-state index in [4.69, 9.17) is 0 Å². The summed E-state index contributed by atoms with van der Waals surface area (Å²) in [5.41, 5.74) is 3.49. The standard InChI is InChI=1S/C13H24N2O/c1-6-8-13(16)12(7-2)15-11(5)9(3)10(4)14-15/h12-13,16H,6-8H2,1-5H3. The van der Waals surface area contributed by atoms with Gasteiger partial charge in [0.2, 0.25) is 0 Å². The summed E-state index contributed by atoms with van der Waals surface area (Å²) in [4.78, 5) is 0. The number of aromatic nitrogens is 2. The highest BCUT2D eigenvalue weighted by Crippen LogP contribution is 2.23. The summed E-state index contributed by atoms with van der Waals surface area (Å²) in [5.74, 6) is 0. The topological polar surface area (TPSA) is 38.0 Å². The molecule has 2 atom stereocenters. The van der Waals surface area contributed by atoms with Crippen LogP contribution in [0.2, 0.25) is 0 Å². The van der Waals surface area contributed by atoms with Crippen LogP contribution in [0.25, 0.3) is 0 Å². The molecule has 0 spiro atoms. The van der Waals surface area contributed by atoms with E-state index < -0.39 is 0 Å². The van der Waals surface area contributed by atoms with Crippen molar-refractivity contribution in [2.45, 2.75) is 66.0 Å². The maximum Gasteiger partial charge on any atom is 0.0778 e. The zero-order chi connectivity index (χ0) is 12.3. The molecule has 0 aliphatic heterocycles. The van der Waals surface area contributed by atoms with Crippen LogP contribution in [-0.4, -0.2) is 21.0 Å². The van der Waals surface area contributed by atoms with Gasteiger partial charge in [-0.05, 0) is 39.2 Å². The minimum atomic E-state index is -0.285. The molecule has 0 fully saturated rings. The zero-order valence-electron chi connectivity index (χ0n) is 11.1. The molecule has 16 heavy (non-hydrogen) atoms. The summed E-state index contributed by atoms with van der Waals surface area (Å²) in [6.45, 7) is 10.4. The highest BCUT2D eigenvalue weighted by Gasteiger charge is 2.22.